The highest BCUT2D eigenvalue weighted by Crippen LogP contribution is 2.23. The Balaban J connectivity index is 2.18. The predicted octanol–water partition coefficient (Wildman–Crippen LogP) is 3.45. The summed E-state index contributed by atoms with van der Waals surface area (Å²) >= 11 is 5.75. The van der Waals surface area contributed by atoms with Crippen LogP contribution in [0.4, 0.5) is 0 Å². The Labute approximate surface area is 115 Å². The summed E-state index contributed by atoms with van der Waals surface area (Å²) in [6.07, 6.45) is 2.94. The van der Waals surface area contributed by atoms with Crippen LogP contribution in [0.2, 0.25) is 5.02 Å². The van der Waals surface area contributed by atoms with Crippen molar-refractivity contribution >= 4 is 23.5 Å². The molecule has 0 saturated carbocycles. The van der Waals surface area contributed by atoms with Gasteiger partial charge in [-0.1, -0.05) is 29.8 Å². The van der Waals surface area contributed by atoms with E-state index in [2.05, 4.69) is 6.07 Å². The van der Waals surface area contributed by atoms with Gasteiger partial charge in [0.25, 0.3) is 0 Å². The fraction of sp³-hybridized carbons (Fsp3) is 0. The molecule has 0 bridgehead atoms. The molecule has 19 heavy (non-hydrogen) atoms. The maximum Gasteiger partial charge on any atom is 0.190 e. The van der Waals surface area contributed by atoms with Gasteiger partial charge in [-0.25, -0.2) is 0 Å². The first-order chi connectivity index (χ1) is 9.06. The van der Waals surface area contributed by atoms with Crippen LogP contribution >= 0.6 is 11.6 Å². The molecule has 0 aromatic heterocycles. The van der Waals surface area contributed by atoms with Crippen molar-refractivity contribution < 1.29 is 15.0 Å². The number of ketones is 1. The number of aromatic hydroxyl groups is 2. The first-order valence-corrected chi connectivity index (χ1v) is 5.86. The second-order valence-corrected chi connectivity index (χ2v) is 4.30. The third kappa shape index (κ3) is 3.36. The zero-order valence-electron chi connectivity index (χ0n) is 9.80. The minimum absolute atomic E-state index is 0.0167. The highest BCUT2D eigenvalue weighted by Gasteiger charge is 2.08. The van der Waals surface area contributed by atoms with Gasteiger partial charge < -0.3 is 10.2 Å². The second kappa shape index (κ2) is 5.59. The molecule has 3 nitrogen and oxygen atoms in total. The van der Waals surface area contributed by atoms with Crippen molar-refractivity contribution in [3.05, 3.63) is 64.7 Å². The Morgan fingerprint density at radius 3 is 2.53 bits per heavy atom. The Morgan fingerprint density at radius 2 is 1.89 bits per heavy atom. The molecule has 0 unspecified atom stereocenters. The van der Waals surface area contributed by atoms with Gasteiger partial charge in [-0.3, -0.25) is 4.79 Å². The van der Waals surface area contributed by atoms with Crippen molar-refractivity contribution in [3.8, 4) is 11.5 Å². The summed E-state index contributed by atoms with van der Waals surface area (Å²) in [5, 5.41) is 19.3. The molecular formula is C15H10ClO3. The molecule has 4 heteroatoms. The fourth-order valence-electron chi connectivity index (χ4n) is 1.50. The second-order valence-electron chi connectivity index (χ2n) is 3.87. The Kier molecular flexibility index (Phi) is 3.88. The van der Waals surface area contributed by atoms with Crippen molar-refractivity contribution in [2.24, 2.45) is 0 Å². The molecule has 0 heterocycles. The molecule has 2 N–H and O–H groups in total. The largest absolute Gasteiger partial charge is 0.508 e. The maximum absolute atomic E-state index is 11.8. The number of allylic oxidation sites excluding steroid dienone is 1. The van der Waals surface area contributed by atoms with Crippen LogP contribution in [0, 0.1) is 6.07 Å². The summed E-state index contributed by atoms with van der Waals surface area (Å²) in [6.45, 7) is 0. The first kappa shape index (κ1) is 13.2. The topological polar surface area (TPSA) is 57.5 Å². The lowest BCUT2D eigenvalue weighted by atomic mass is 10.1. The highest BCUT2D eigenvalue weighted by atomic mass is 35.5. The molecule has 0 saturated heterocycles. The number of halogens is 1. The van der Waals surface area contributed by atoms with Crippen LogP contribution in [0.15, 0.2) is 42.5 Å². The summed E-state index contributed by atoms with van der Waals surface area (Å²) in [4.78, 5) is 11.8. The fourth-order valence-corrected chi connectivity index (χ4v) is 1.63. The van der Waals surface area contributed by atoms with Crippen LogP contribution in [0.25, 0.3) is 6.08 Å². The number of rotatable bonds is 3. The van der Waals surface area contributed by atoms with Gasteiger partial charge in [0.1, 0.15) is 11.5 Å². The average molecular weight is 274 g/mol. The van der Waals surface area contributed by atoms with E-state index < -0.39 is 5.78 Å². The molecule has 2 rings (SSSR count). The normalized spacial score (nSPS) is 10.8. The zero-order chi connectivity index (χ0) is 13.8. The standard InChI is InChI=1S/C15H10ClO3/c16-11-4-1-10(2-5-11)3-8-14(18)13-7-6-12(17)9-15(13)19/h1-6,8-9,17,19H. The van der Waals surface area contributed by atoms with Crippen LogP contribution in [-0.2, 0) is 0 Å². The molecule has 0 spiro atoms. The van der Waals surface area contributed by atoms with Crippen LogP contribution in [-0.4, -0.2) is 16.0 Å². The lowest BCUT2D eigenvalue weighted by Crippen LogP contribution is -1.94. The Hall–Kier alpha value is -2.26. The minimum atomic E-state index is -0.396. The summed E-state index contributed by atoms with van der Waals surface area (Å²) in [6, 6.07) is 11.8. The molecule has 0 amide bonds. The smallest absolute Gasteiger partial charge is 0.190 e. The molecule has 2 aromatic rings. The van der Waals surface area contributed by atoms with Gasteiger partial charge in [-0.2, -0.15) is 0 Å². The molecule has 1 radical (unpaired) electrons. The number of carbonyl (C=O) groups excluding carboxylic acids is 1. The van der Waals surface area contributed by atoms with Crippen LogP contribution < -0.4 is 0 Å². The van der Waals surface area contributed by atoms with E-state index in [0.29, 0.717) is 5.02 Å². The lowest BCUT2D eigenvalue weighted by Gasteiger charge is -2.00. The van der Waals surface area contributed by atoms with Gasteiger partial charge in [0.2, 0.25) is 0 Å². The molecule has 0 aliphatic rings. The number of benzene rings is 2. The van der Waals surface area contributed by atoms with E-state index in [1.165, 1.54) is 12.1 Å². The van der Waals surface area contributed by atoms with Gasteiger partial charge in [0.15, 0.2) is 5.78 Å². The quantitative estimate of drug-likeness (QED) is 0.665. The van der Waals surface area contributed by atoms with E-state index in [1.807, 2.05) is 0 Å². The number of carbonyl (C=O) groups is 1. The van der Waals surface area contributed by atoms with Gasteiger partial charge >= 0.3 is 0 Å². The molecule has 0 aliphatic heterocycles. The van der Waals surface area contributed by atoms with E-state index in [-0.39, 0.29) is 17.1 Å². The molecule has 2 aromatic carbocycles. The van der Waals surface area contributed by atoms with Gasteiger partial charge in [-0.15, -0.1) is 0 Å². The van der Waals surface area contributed by atoms with Crippen LogP contribution in [0.5, 0.6) is 11.5 Å². The lowest BCUT2D eigenvalue weighted by molar-refractivity contribution is 0.104. The van der Waals surface area contributed by atoms with Crippen molar-refractivity contribution in [2.75, 3.05) is 0 Å². The van der Waals surface area contributed by atoms with Crippen LogP contribution in [0.1, 0.15) is 15.9 Å². The zero-order valence-corrected chi connectivity index (χ0v) is 10.6. The molecule has 0 aliphatic carbocycles. The van der Waals surface area contributed by atoms with Crippen molar-refractivity contribution in [1.29, 1.82) is 0 Å². The van der Waals surface area contributed by atoms with Crippen LogP contribution in [0.3, 0.4) is 0 Å². The van der Waals surface area contributed by atoms with E-state index in [1.54, 1.807) is 30.3 Å². The average Bonchev–Trinajstić information content (AvgIpc) is 2.37. The summed E-state index contributed by atoms with van der Waals surface area (Å²) in [5.41, 5.74) is 0.832. The molecule has 0 fully saturated rings. The van der Waals surface area contributed by atoms with E-state index >= 15 is 0 Å². The SMILES string of the molecule is O=C(C=Cc1ccc(Cl)cc1)c1[c]cc(O)cc1O. The van der Waals surface area contributed by atoms with Crippen molar-refractivity contribution in [2.45, 2.75) is 0 Å². The third-order valence-corrected chi connectivity index (χ3v) is 2.70. The number of hydrogen-bond donors (Lipinski definition) is 2. The summed E-state index contributed by atoms with van der Waals surface area (Å²) < 4.78 is 0. The third-order valence-electron chi connectivity index (χ3n) is 2.45. The van der Waals surface area contributed by atoms with Gasteiger partial charge in [-0.05, 0) is 29.8 Å². The monoisotopic (exact) mass is 273 g/mol. The maximum atomic E-state index is 11.8. The molecular weight excluding hydrogens is 264 g/mol. The minimum Gasteiger partial charge on any atom is -0.508 e. The number of phenolic OH excluding ortho intramolecular Hbond substituents is 2. The number of hydrogen-bond acceptors (Lipinski definition) is 3. The summed E-state index contributed by atoms with van der Waals surface area (Å²) in [5.74, 6) is -0.839. The summed E-state index contributed by atoms with van der Waals surface area (Å²) in [7, 11) is 0. The van der Waals surface area contributed by atoms with E-state index in [9.17, 15) is 9.90 Å². The van der Waals surface area contributed by atoms with Crippen molar-refractivity contribution in [1.82, 2.24) is 0 Å². The van der Waals surface area contributed by atoms with Gasteiger partial charge in [0, 0.05) is 17.2 Å². The predicted molar refractivity (Wildman–Crippen MR) is 73.4 cm³/mol. The molecule has 0 atom stereocenters. The molecule has 95 valence electrons. The van der Waals surface area contributed by atoms with Gasteiger partial charge in [0.05, 0.1) is 5.56 Å². The van der Waals surface area contributed by atoms with E-state index in [4.69, 9.17) is 16.7 Å². The first-order valence-electron chi connectivity index (χ1n) is 5.48. The van der Waals surface area contributed by atoms with Crippen molar-refractivity contribution in [3.63, 3.8) is 0 Å². The Morgan fingerprint density at radius 1 is 1.21 bits per heavy atom. The van der Waals surface area contributed by atoms with E-state index in [0.717, 1.165) is 11.6 Å². The number of phenols is 2. The highest BCUT2D eigenvalue weighted by molar-refractivity contribution is 6.30. The Bertz CT molecular complexity index is 630.